The van der Waals surface area contributed by atoms with Crippen LogP contribution in [0.25, 0.3) is 22.8 Å². The van der Waals surface area contributed by atoms with Crippen LogP contribution in [0.1, 0.15) is 5.56 Å². The standard InChI is InChI=1S/C22H19ClN6O4S/c1-34-22-18(21-26-20(28-33-21)13-3-5-14(23)6-4-13)19(24)29(27-22)10-17(30)25-9-12-2-7-15-16(8-12)32-11-31-15/h2-8H,9-11,24H2,1H3,(H,25,30). The lowest BCUT2D eigenvalue weighted by atomic mass is 10.2. The first-order valence-corrected chi connectivity index (χ1v) is 11.8. The zero-order valence-electron chi connectivity index (χ0n) is 17.9. The zero-order chi connectivity index (χ0) is 23.7. The molecule has 1 aliphatic heterocycles. The summed E-state index contributed by atoms with van der Waals surface area (Å²) in [6.45, 7) is 0.459. The number of rotatable bonds is 7. The molecule has 0 fully saturated rings. The number of fused-ring (bicyclic) bond motifs is 1. The number of nitrogens with zero attached hydrogens (tertiary/aromatic N) is 4. The Hall–Kier alpha value is -3.70. The highest BCUT2D eigenvalue weighted by Gasteiger charge is 2.24. The SMILES string of the molecule is CSc1nn(CC(=O)NCc2ccc3c(c2)OCO3)c(N)c1-c1nc(-c2ccc(Cl)cc2)no1. The van der Waals surface area contributed by atoms with Gasteiger partial charge in [-0.1, -0.05) is 22.8 Å². The zero-order valence-corrected chi connectivity index (χ0v) is 19.5. The molecule has 1 amide bonds. The maximum atomic E-state index is 12.6. The van der Waals surface area contributed by atoms with Gasteiger partial charge in [-0.3, -0.25) is 4.79 Å². The normalized spacial score (nSPS) is 12.2. The number of carbonyl (C=O) groups excluding carboxylic acids is 1. The van der Waals surface area contributed by atoms with Crippen molar-refractivity contribution >= 4 is 35.1 Å². The van der Waals surface area contributed by atoms with Gasteiger partial charge in [0.1, 0.15) is 23.0 Å². The summed E-state index contributed by atoms with van der Waals surface area (Å²) in [5, 5.41) is 12.5. The van der Waals surface area contributed by atoms with E-state index in [2.05, 4.69) is 20.6 Å². The number of anilines is 1. The molecule has 3 heterocycles. The Morgan fingerprint density at radius 1 is 1.21 bits per heavy atom. The molecular formula is C22H19ClN6O4S. The van der Waals surface area contributed by atoms with E-state index in [0.29, 0.717) is 39.5 Å². The predicted octanol–water partition coefficient (Wildman–Crippen LogP) is 3.60. The number of aromatic nitrogens is 4. The largest absolute Gasteiger partial charge is 0.454 e. The molecule has 0 radical (unpaired) electrons. The van der Waals surface area contributed by atoms with Crippen molar-refractivity contribution in [2.24, 2.45) is 0 Å². The highest BCUT2D eigenvalue weighted by Crippen LogP contribution is 2.35. The van der Waals surface area contributed by atoms with Crippen LogP contribution in [0.15, 0.2) is 52.0 Å². The monoisotopic (exact) mass is 498 g/mol. The minimum atomic E-state index is -0.251. The summed E-state index contributed by atoms with van der Waals surface area (Å²) in [6.07, 6.45) is 1.85. The number of nitrogen functional groups attached to an aromatic ring is 1. The molecule has 1 aliphatic rings. The van der Waals surface area contributed by atoms with Crippen molar-refractivity contribution < 1.29 is 18.8 Å². The number of nitrogens with one attached hydrogen (secondary N) is 1. The van der Waals surface area contributed by atoms with Gasteiger partial charge in [0.15, 0.2) is 11.5 Å². The number of amides is 1. The van der Waals surface area contributed by atoms with E-state index in [-0.39, 0.29) is 31.0 Å². The van der Waals surface area contributed by atoms with Crippen LogP contribution in [0.3, 0.4) is 0 Å². The summed E-state index contributed by atoms with van der Waals surface area (Å²) < 4.78 is 17.5. The molecule has 0 saturated heterocycles. The van der Waals surface area contributed by atoms with Crippen molar-refractivity contribution in [3.8, 4) is 34.3 Å². The first-order chi connectivity index (χ1) is 16.5. The Kier molecular flexibility index (Phi) is 6.03. The highest BCUT2D eigenvalue weighted by atomic mass is 35.5. The number of halogens is 1. The molecule has 12 heteroatoms. The fourth-order valence-electron chi connectivity index (χ4n) is 3.40. The van der Waals surface area contributed by atoms with E-state index < -0.39 is 0 Å². The molecule has 0 atom stereocenters. The third kappa shape index (κ3) is 4.39. The fraction of sp³-hybridized carbons (Fsp3) is 0.182. The molecule has 4 aromatic rings. The third-order valence-corrected chi connectivity index (χ3v) is 6.04. The maximum absolute atomic E-state index is 12.6. The van der Waals surface area contributed by atoms with Crippen LogP contribution >= 0.6 is 23.4 Å². The van der Waals surface area contributed by atoms with Gasteiger partial charge in [0.2, 0.25) is 18.5 Å². The number of nitrogens with two attached hydrogens (primary N) is 1. The summed E-state index contributed by atoms with van der Waals surface area (Å²) >= 11 is 7.31. The molecule has 10 nitrogen and oxygen atoms in total. The van der Waals surface area contributed by atoms with Crippen LogP contribution in [-0.4, -0.2) is 38.9 Å². The van der Waals surface area contributed by atoms with Crippen molar-refractivity contribution in [1.29, 1.82) is 0 Å². The van der Waals surface area contributed by atoms with Gasteiger partial charge < -0.3 is 25.0 Å². The van der Waals surface area contributed by atoms with Gasteiger partial charge in [-0.15, -0.1) is 11.8 Å². The van der Waals surface area contributed by atoms with Gasteiger partial charge in [-0.25, -0.2) is 4.68 Å². The second-order valence-corrected chi connectivity index (χ2v) is 8.55. The van der Waals surface area contributed by atoms with Crippen molar-refractivity contribution in [3.63, 3.8) is 0 Å². The minimum Gasteiger partial charge on any atom is -0.454 e. The van der Waals surface area contributed by atoms with Crippen molar-refractivity contribution in [2.75, 3.05) is 18.8 Å². The van der Waals surface area contributed by atoms with Crippen LogP contribution in [0.4, 0.5) is 5.82 Å². The molecule has 5 rings (SSSR count). The fourth-order valence-corrected chi connectivity index (χ4v) is 4.10. The topological polar surface area (TPSA) is 130 Å². The maximum Gasteiger partial charge on any atom is 0.264 e. The van der Waals surface area contributed by atoms with E-state index >= 15 is 0 Å². The molecule has 0 spiro atoms. The molecule has 0 saturated carbocycles. The molecule has 0 aliphatic carbocycles. The summed E-state index contributed by atoms with van der Waals surface area (Å²) in [5.41, 5.74) is 8.45. The van der Waals surface area contributed by atoms with Crippen LogP contribution in [0.2, 0.25) is 5.02 Å². The van der Waals surface area contributed by atoms with Gasteiger partial charge in [0.05, 0.1) is 0 Å². The molecular weight excluding hydrogens is 480 g/mol. The predicted molar refractivity (Wildman–Crippen MR) is 127 cm³/mol. The summed E-state index contributed by atoms with van der Waals surface area (Å²) in [6, 6.07) is 12.6. The Labute approximate surface area is 203 Å². The molecule has 174 valence electrons. The van der Waals surface area contributed by atoms with Gasteiger partial charge in [0, 0.05) is 17.1 Å². The molecule has 0 bridgehead atoms. The lowest BCUT2D eigenvalue weighted by Gasteiger charge is -2.07. The Bertz CT molecular complexity index is 1350. The van der Waals surface area contributed by atoms with Gasteiger partial charge >= 0.3 is 0 Å². The summed E-state index contributed by atoms with van der Waals surface area (Å²) in [7, 11) is 0. The second kappa shape index (κ2) is 9.27. The van der Waals surface area contributed by atoms with Crippen LogP contribution in [0, 0.1) is 0 Å². The average Bonchev–Trinajstić information content (AvgIpc) is 3.57. The van der Waals surface area contributed by atoms with E-state index in [1.54, 1.807) is 24.3 Å². The quantitative estimate of drug-likeness (QED) is 0.367. The Morgan fingerprint density at radius 2 is 2.00 bits per heavy atom. The van der Waals surface area contributed by atoms with Gasteiger partial charge in [0.25, 0.3) is 5.89 Å². The average molecular weight is 499 g/mol. The first kappa shape index (κ1) is 22.1. The summed E-state index contributed by atoms with van der Waals surface area (Å²) in [5.74, 6) is 1.98. The van der Waals surface area contributed by atoms with Crippen LogP contribution < -0.4 is 20.5 Å². The number of hydrogen-bond acceptors (Lipinski definition) is 9. The van der Waals surface area contributed by atoms with Crippen molar-refractivity contribution in [2.45, 2.75) is 18.1 Å². The van der Waals surface area contributed by atoms with E-state index in [4.69, 9.17) is 31.3 Å². The lowest BCUT2D eigenvalue weighted by molar-refractivity contribution is -0.122. The molecule has 2 aromatic carbocycles. The second-order valence-electron chi connectivity index (χ2n) is 7.32. The lowest BCUT2D eigenvalue weighted by Crippen LogP contribution is -2.28. The van der Waals surface area contributed by atoms with E-state index in [1.807, 2.05) is 24.5 Å². The van der Waals surface area contributed by atoms with Crippen molar-refractivity contribution in [1.82, 2.24) is 25.2 Å². The number of ether oxygens (including phenoxy) is 2. The molecule has 0 unspecified atom stereocenters. The highest BCUT2D eigenvalue weighted by molar-refractivity contribution is 7.98. The van der Waals surface area contributed by atoms with E-state index in [9.17, 15) is 4.79 Å². The van der Waals surface area contributed by atoms with Crippen LogP contribution in [-0.2, 0) is 17.9 Å². The number of hydrogen-bond donors (Lipinski definition) is 2. The van der Waals surface area contributed by atoms with Gasteiger partial charge in [-0.2, -0.15) is 10.1 Å². The molecule has 2 aromatic heterocycles. The van der Waals surface area contributed by atoms with Crippen molar-refractivity contribution in [3.05, 3.63) is 53.1 Å². The van der Waals surface area contributed by atoms with E-state index in [1.165, 1.54) is 16.4 Å². The van der Waals surface area contributed by atoms with Gasteiger partial charge in [-0.05, 0) is 48.2 Å². The minimum absolute atomic E-state index is 0.0673. The number of carbonyl (C=O) groups is 1. The third-order valence-electron chi connectivity index (χ3n) is 5.12. The smallest absolute Gasteiger partial charge is 0.264 e. The Balaban J connectivity index is 1.30. The molecule has 34 heavy (non-hydrogen) atoms. The Morgan fingerprint density at radius 3 is 2.79 bits per heavy atom. The number of thioether (sulfide) groups is 1. The van der Waals surface area contributed by atoms with Crippen LogP contribution in [0.5, 0.6) is 11.5 Å². The first-order valence-electron chi connectivity index (χ1n) is 10.2. The number of benzene rings is 2. The van der Waals surface area contributed by atoms with E-state index in [0.717, 1.165) is 11.1 Å². The summed E-state index contributed by atoms with van der Waals surface area (Å²) in [4.78, 5) is 17.0. The molecule has 3 N–H and O–H groups in total.